The summed E-state index contributed by atoms with van der Waals surface area (Å²) in [5.74, 6) is 1.78. The Labute approximate surface area is 109 Å². The zero-order chi connectivity index (χ0) is 13.7. The molecule has 0 fully saturated rings. The molecule has 3 N–H and O–H groups in total. The van der Waals surface area contributed by atoms with Gasteiger partial charge < -0.3 is 15.6 Å². The van der Waals surface area contributed by atoms with Gasteiger partial charge >= 0.3 is 0 Å². The van der Waals surface area contributed by atoms with Crippen molar-refractivity contribution < 1.29 is 4.52 Å². The molecule has 0 bridgehead atoms. The Morgan fingerprint density at radius 1 is 1.47 bits per heavy atom. The molecule has 0 aromatic carbocycles. The molecular formula is C11H13N7O. The lowest BCUT2D eigenvalue weighted by Gasteiger charge is -2.03. The summed E-state index contributed by atoms with van der Waals surface area (Å²) in [6, 6.07) is 1.90. The third-order valence-corrected chi connectivity index (χ3v) is 2.39. The molecule has 8 heteroatoms. The van der Waals surface area contributed by atoms with Gasteiger partial charge in [-0.3, -0.25) is 0 Å². The molecule has 0 aliphatic heterocycles. The summed E-state index contributed by atoms with van der Waals surface area (Å²) in [6.07, 6.45) is 2.69. The average molecular weight is 259 g/mol. The predicted octanol–water partition coefficient (Wildman–Crippen LogP) is 0.530. The van der Waals surface area contributed by atoms with Crippen LogP contribution in [-0.4, -0.2) is 26.7 Å². The number of nitrogens with one attached hydrogen (secondary N) is 1. The van der Waals surface area contributed by atoms with Gasteiger partial charge in [-0.2, -0.15) is 15.2 Å². The Bertz CT molecular complexity index is 601. The number of nitrogens with two attached hydrogens (primary N) is 1. The van der Waals surface area contributed by atoms with Crippen LogP contribution in [0.2, 0.25) is 0 Å². The lowest BCUT2D eigenvalue weighted by atomic mass is 10.3. The predicted molar refractivity (Wildman–Crippen MR) is 67.0 cm³/mol. The second-order valence-corrected chi connectivity index (χ2v) is 3.74. The molecule has 2 aromatic heterocycles. The number of rotatable bonds is 5. The van der Waals surface area contributed by atoms with Gasteiger partial charge in [-0.15, -0.1) is 0 Å². The van der Waals surface area contributed by atoms with Crippen LogP contribution < -0.4 is 11.1 Å². The summed E-state index contributed by atoms with van der Waals surface area (Å²) >= 11 is 0. The van der Waals surface area contributed by atoms with Gasteiger partial charge in [-0.1, -0.05) is 12.1 Å². The second-order valence-electron chi connectivity index (χ2n) is 3.74. The van der Waals surface area contributed by atoms with E-state index in [1.807, 2.05) is 13.0 Å². The number of aromatic nitrogens is 4. The summed E-state index contributed by atoms with van der Waals surface area (Å²) in [4.78, 5) is 12.1. The number of nitriles is 1. The van der Waals surface area contributed by atoms with Gasteiger partial charge in [-0.05, 0) is 0 Å². The van der Waals surface area contributed by atoms with Crippen LogP contribution >= 0.6 is 0 Å². The van der Waals surface area contributed by atoms with Crippen LogP contribution in [0.4, 0.5) is 11.8 Å². The van der Waals surface area contributed by atoms with Crippen molar-refractivity contribution in [1.82, 2.24) is 20.1 Å². The molecule has 2 aromatic rings. The quantitative estimate of drug-likeness (QED) is 0.796. The van der Waals surface area contributed by atoms with Gasteiger partial charge in [0.15, 0.2) is 5.82 Å². The molecule has 0 radical (unpaired) electrons. The number of anilines is 2. The van der Waals surface area contributed by atoms with Crippen molar-refractivity contribution in [3.8, 4) is 6.07 Å². The average Bonchev–Trinajstić information content (AvgIpc) is 2.87. The second kappa shape index (κ2) is 5.77. The van der Waals surface area contributed by atoms with E-state index < -0.39 is 0 Å². The maximum atomic E-state index is 8.70. The van der Waals surface area contributed by atoms with Gasteiger partial charge in [-0.25, -0.2) is 4.98 Å². The Balaban J connectivity index is 1.89. The van der Waals surface area contributed by atoms with Crippen LogP contribution in [0.25, 0.3) is 0 Å². The van der Waals surface area contributed by atoms with Crippen LogP contribution in [0.15, 0.2) is 10.7 Å². The number of hydrogen-bond acceptors (Lipinski definition) is 8. The SMILES string of the molecule is CCc1noc(CCNc2ncc(C#N)c(N)n2)n1. The highest BCUT2D eigenvalue weighted by Gasteiger charge is 2.06. The minimum Gasteiger partial charge on any atom is -0.382 e. The summed E-state index contributed by atoms with van der Waals surface area (Å²) < 4.78 is 5.04. The zero-order valence-electron chi connectivity index (χ0n) is 10.4. The molecule has 8 nitrogen and oxygen atoms in total. The first-order valence-electron chi connectivity index (χ1n) is 5.81. The lowest BCUT2D eigenvalue weighted by Crippen LogP contribution is -2.09. The largest absolute Gasteiger partial charge is 0.382 e. The summed E-state index contributed by atoms with van der Waals surface area (Å²) in [5, 5.41) is 15.5. The molecule has 2 rings (SSSR count). The van der Waals surface area contributed by atoms with Crippen molar-refractivity contribution >= 4 is 11.8 Å². The Hall–Kier alpha value is -2.69. The van der Waals surface area contributed by atoms with E-state index in [4.69, 9.17) is 15.5 Å². The molecule has 0 unspecified atom stereocenters. The van der Waals surface area contributed by atoms with Crippen molar-refractivity contribution in [2.45, 2.75) is 19.8 Å². The highest BCUT2D eigenvalue weighted by Crippen LogP contribution is 2.08. The fourth-order valence-corrected chi connectivity index (χ4v) is 1.38. The van der Waals surface area contributed by atoms with Crippen molar-refractivity contribution in [2.24, 2.45) is 0 Å². The van der Waals surface area contributed by atoms with Gasteiger partial charge in [0.25, 0.3) is 0 Å². The van der Waals surface area contributed by atoms with Gasteiger partial charge in [0.05, 0.1) is 6.20 Å². The van der Waals surface area contributed by atoms with Crippen molar-refractivity contribution in [3.05, 3.63) is 23.5 Å². The van der Waals surface area contributed by atoms with E-state index in [0.29, 0.717) is 30.6 Å². The first kappa shape index (κ1) is 12.8. The fraction of sp³-hybridized carbons (Fsp3) is 0.364. The van der Waals surface area contributed by atoms with Crippen LogP contribution in [0, 0.1) is 11.3 Å². The highest BCUT2D eigenvalue weighted by molar-refractivity contribution is 5.49. The third kappa shape index (κ3) is 3.16. The topological polar surface area (TPSA) is 127 Å². The maximum absolute atomic E-state index is 8.70. The zero-order valence-corrected chi connectivity index (χ0v) is 10.4. The molecule has 98 valence electrons. The standard InChI is InChI=1S/C11H13N7O/c1-2-8-16-9(19-18-8)3-4-14-11-15-6-7(5-12)10(13)17-11/h6H,2-4H2,1H3,(H3,13,14,15,17). The van der Waals surface area contributed by atoms with Crippen molar-refractivity contribution in [2.75, 3.05) is 17.6 Å². The van der Waals surface area contributed by atoms with E-state index in [2.05, 4.69) is 25.4 Å². The first-order chi connectivity index (χ1) is 9.22. The molecule has 0 atom stereocenters. The number of nitrogens with zero attached hydrogens (tertiary/aromatic N) is 5. The van der Waals surface area contributed by atoms with Crippen LogP contribution in [-0.2, 0) is 12.8 Å². The van der Waals surface area contributed by atoms with Crippen LogP contribution in [0.3, 0.4) is 0 Å². The summed E-state index contributed by atoms with van der Waals surface area (Å²) in [5.41, 5.74) is 5.84. The Kier molecular flexibility index (Phi) is 3.87. The van der Waals surface area contributed by atoms with E-state index in [1.165, 1.54) is 6.20 Å². The van der Waals surface area contributed by atoms with Gasteiger partial charge in [0.1, 0.15) is 17.5 Å². The highest BCUT2D eigenvalue weighted by atomic mass is 16.5. The van der Waals surface area contributed by atoms with Crippen molar-refractivity contribution in [3.63, 3.8) is 0 Å². The Morgan fingerprint density at radius 2 is 2.32 bits per heavy atom. The number of aryl methyl sites for hydroxylation is 1. The van der Waals surface area contributed by atoms with E-state index in [1.54, 1.807) is 0 Å². The molecule has 0 spiro atoms. The molecule has 0 aliphatic rings. The van der Waals surface area contributed by atoms with E-state index in [-0.39, 0.29) is 11.4 Å². The summed E-state index contributed by atoms with van der Waals surface area (Å²) in [6.45, 7) is 2.50. The maximum Gasteiger partial charge on any atom is 0.228 e. The van der Waals surface area contributed by atoms with Crippen LogP contribution in [0.1, 0.15) is 24.2 Å². The normalized spacial score (nSPS) is 10.1. The molecule has 2 heterocycles. The molecule has 19 heavy (non-hydrogen) atoms. The molecular weight excluding hydrogens is 246 g/mol. The van der Waals surface area contributed by atoms with Gasteiger partial charge in [0, 0.05) is 19.4 Å². The van der Waals surface area contributed by atoms with E-state index in [0.717, 1.165) is 6.42 Å². The Morgan fingerprint density at radius 3 is 2.95 bits per heavy atom. The monoisotopic (exact) mass is 259 g/mol. The van der Waals surface area contributed by atoms with Gasteiger partial charge in [0.2, 0.25) is 11.8 Å². The minimum atomic E-state index is 0.158. The van der Waals surface area contributed by atoms with E-state index in [9.17, 15) is 0 Å². The third-order valence-electron chi connectivity index (χ3n) is 2.39. The smallest absolute Gasteiger partial charge is 0.228 e. The molecule has 0 saturated carbocycles. The van der Waals surface area contributed by atoms with Crippen LogP contribution in [0.5, 0.6) is 0 Å². The molecule has 0 aliphatic carbocycles. The fourth-order valence-electron chi connectivity index (χ4n) is 1.38. The van der Waals surface area contributed by atoms with E-state index >= 15 is 0 Å². The minimum absolute atomic E-state index is 0.158. The first-order valence-corrected chi connectivity index (χ1v) is 5.81. The molecule has 0 amide bonds. The van der Waals surface area contributed by atoms with Crippen molar-refractivity contribution in [1.29, 1.82) is 5.26 Å². The summed E-state index contributed by atoms with van der Waals surface area (Å²) in [7, 11) is 0. The lowest BCUT2D eigenvalue weighted by molar-refractivity contribution is 0.375. The number of hydrogen-bond donors (Lipinski definition) is 2. The number of nitrogen functional groups attached to an aromatic ring is 1. The molecule has 0 saturated heterocycles.